The van der Waals surface area contributed by atoms with Crippen molar-refractivity contribution in [1.82, 2.24) is 0 Å². The zero-order chi connectivity index (χ0) is 14.1. The lowest BCUT2D eigenvalue weighted by Crippen LogP contribution is -2.08. The smallest absolute Gasteiger partial charge is 0.312 e. The minimum atomic E-state index is -0.561. The molecule has 0 amide bonds. The normalized spacial score (nSPS) is 9.89. The van der Waals surface area contributed by atoms with Crippen LogP contribution in [0.3, 0.4) is 0 Å². The van der Waals surface area contributed by atoms with Crippen LogP contribution in [0.25, 0.3) is 0 Å². The molecule has 0 aromatic heterocycles. The van der Waals surface area contributed by atoms with Gasteiger partial charge in [0, 0.05) is 12.7 Å². The molecule has 0 aliphatic rings. The summed E-state index contributed by atoms with van der Waals surface area (Å²) >= 11 is 0. The van der Waals surface area contributed by atoms with Gasteiger partial charge >= 0.3 is 5.69 Å². The Morgan fingerprint density at radius 2 is 2.16 bits per heavy atom. The number of unbranched alkanes of at least 4 members (excludes halogenated alkanes) is 1. The Morgan fingerprint density at radius 1 is 1.37 bits per heavy atom. The largest absolute Gasteiger partial charge is 0.484 e. The summed E-state index contributed by atoms with van der Waals surface area (Å²) in [5.41, 5.74) is 0.0332. The standard InChI is InChI=1S/C13H16N2O4/c1-2-3-6-18-7-8-19-13-5-4-11(10-14)9-12(13)15(16)17/h4-5,9H,2-3,6-8H2,1H3. The molecule has 0 unspecified atom stereocenters. The molecule has 1 rings (SSSR count). The van der Waals surface area contributed by atoms with E-state index in [0.29, 0.717) is 13.2 Å². The Hall–Kier alpha value is -2.13. The molecule has 0 heterocycles. The second kappa shape index (κ2) is 8.06. The average molecular weight is 264 g/mol. The fourth-order valence-electron chi connectivity index (χ4n) is 1.41. The van der Waals surface area contributed by atoms with Crippen molar-refractivity contribution in [2.45, 2.75) is 19.8 Å². The summed E-state index contributed by atoms with van der Waals surface area (Å²) in [6.45, 7) is 3.36. The molecule has 0 fully saturated rings. The molecule has 6 nitrogen and oxygen atoms in total. The predicted octanol–water partition coefficient (Wildman–Crippen LogP) is 2.66. The maximum atomic E-state index is 10.8. The van der Waals surface area contributed by atoms with Crippen LogP contribution in [-0.2, 0) is 4.74 Å². The van der Waals surface area contributed by atoms with Gasteiger partial charge in [0.2, 0.25) is 0 Å². The molecule has 0 saturated heterocycles. The molecule has 1 aromatic carbocycles. The van der Waals surface area contributed by atoms with Gasteiger partial charge in [0.05, 0.1) is 23.2 Å². The number of nitro groups is 1. The first-order valence-electron chi connectivity index (χ1n) is 6.08. The van der Waals surface area contributed by atoms with Crippen LogP contribution in [0.5, 0.6) is 5.75 Å². The van der Waals surface area contributed by atoms with Crippen LogP contribution >= 0.6 is 0 Å². The van der Waals surface area contributed by atoms with Gasteiger partial charge in [-0.2, -0.15) is 5.26 Å². The van der Waals surface area contributed by atoms with Crippen molar-refractivity contribution in [2.24, 2.45) is 0 Å². The molecular weight excluding hydrogens is 248 g/mol. The van der Waals surface area contributed by atoms with Crippen molar-refractivity contribution in [3.05, 3.63) is 33.9 Å². The summed E-state index contributed by atoms with van der Waals surface area (Å²) in [7, 11) is 0. The van der Waals surface area contributed by atoms with Gasteiger partial charge in [0.1, 0.15) is 6.61 Å². The molecule has 0 aliphatic carbocycles. The Bertz CT molecular complexity index is 468. The summed E-state index contributed by atoms with van der Waals surface area (Å²) in [6.07, 6.45) is 2.04. The minimum absolute atomic E-state index is 0.156. The van der Waals surface area contributed by atoms with Crippen molar-refractivity contribution in [2.75, 3.05) is 19.8 Å². The number of benzene rings is 1. The van der Waals surface area contributed by atoms with Gasteiger partial charge in [-0.15, -0.1) is 0 Å². The van der Waals surface area contributed by atoms with Gasteiger partial charge in [-0.25, -0.2) is 0 Å². The second-order valence-electron chi connectivity index (χ2n) is 3.87. The molecule has 0 bridgehead atoms. The van der Waals surface area contributed by atoms with Gasteiger partial charge in [-0.1, -0.05) is 13.3 Å². The molecule has 0 N–H and O–H groups in total. The lowest BCUT2D eigenvalue weighted by Gasteiger charge is -2.07. The van der Waals surface area contributed by atoms with Crippen molar-refractivity contribution in [1.29, 1.82) is 5.26 Å². The number of nitro benzene ring substituents is 1. The summed E-state index contributed by atoms with van der Waals surface area (Å²) < 4.78 is 10.6. The van der Waals surface area contributed by atoms with Crippen LogP contribution in [0.15, 0.2) is 18.2 Å². The maximum Gasteiger partial charge on any atom is 0.312 e. The third-order valence-corrected chi connectivity index (χ3v) is 2.41. The van der Waals surface area contributed by atoms with E-state index in [2.05, 4.69) is 6.92 Å². The van der Waals surface area contributed by atoms with E-state index in [0.717, 1.165) is 12.8 Å². The van der Waals surface area contributed by atoms with E-state index < -0.39 is 4.92 Å². The predicted molar refractivity (Wildman–Crippen MR) is 69.0 cm³/mol. The quantitative estimate of drug-likeness (QED) is 0.409. The zero-order valence-electron chi connectivity index (χ0n) is 10.8. The van der Waals surface area contributed by atoms with Crippen molar-refractivity contribution in [3.8, 4) is 11.8 Å². The Morgan fingerprint density at radius 3 is 2.79 bits per heavy atom. The number of hydrogen-bond acceptors (Lipinski definition) is 5. The molecule has 0 aliphatic heterocycles. The molecule has 0 spiro atoms. The van der Waals surface area contributed by atoms with E-state index in [1.807, 2.05) is 6.07 Å². The third-order valence-electron chi connectivity index (χ3n) is 2.41. The van der Waals surface area contributed by atoms with Gasteiger partial charge in [-0.05, 0) is 18.6 Å². The third kappa shape index (κ3) is 4.94. The Kier molecular flexibility index (Phi) is 6.33. The SMILES string of the molecule is CCCCOCCOc1ccc(C#N)cc1[N+](=O)[O-]. The number of ether oxygens (including phenoxy) is 2. The summed E-state index contributed by atoms with van der Waals surface area (Å²) in [5, 5.41) is 19.5. The fraction of sp³-hybridized carbons (Fsp3) is 0.462. The molecule has 19 heavy (non-hydrogen) atoms. The monoisotopic (exact) mass is 264 g/mol. The minimum Gasteiger partial charge on any atom is -0.484 e. The van der Waals surface area contributed by atoms with E-state index in [1.54, 1.807) is 0 Å². The second-order valence-corrected chi connectivity index (χ2v) is 3.87. The van der Waals surface area contributed by atoms with Crippen molar-refractivity contribution in [3.63, 3.8) is 0 Å². The van der Waals surface area contributed by atoms with E-state index in [1.165, 1.54) is 18.2 Å². The summed E-state index contributed by atoms with van der Waals surface area (Å²) in [6, 6.07) is 5.98. The highest BCUT2D eigenvalue weighted by Crippen LogP contribution is 2.27. The zero-order valence-corrected chi connectivity index (χ0v) is 10.8. The van der Waals surface area contributed by atoms with Gasteiger partial charge in [0.25, 0.3) is 0 Å². The van der Waals surface area contributed by atoms with Crippen LogP contribution < -0.4 is 4.74 Å². The lowest BCUT2D eigenvalue weighted by molar-refractivity contribution is -0.385. The first-order chi connectivity index (χ1) is 9.19. The van der Waals surface area contributed by atoms with Gasteiger partial charge in [0.15, 0.2) is 5.75 Å². The Labute approximate surface area is 111 Å². The number of rotatable bonds is 8. The van der Waals surface area contributed by atoms with E-state index >= 15 is 0 Å². The topological polar surface area (TPSA) is 85.4 Å². The highest BCUT2D eigenvalue weighted by Gasteiger charge is 2.15. The first-order valence-corrected chi connectivity index (χ1v) is 6.08. The highest BCUT2D eigenvalue weighted by molar-refractivity contribution is 5.51. The molecular formula is C13H16N2O4. The van der Waals surface area contributed by atoms with Crippen LogP contribution in [0, 0.1) is 21.4 Å². The van der Waals surface area contributed by atoms with Gasteiger partial charge < -0.3 is 9.47 Å². The van der Waals surface area contributed by atoms with Crippen LogP contribution in [-0.4, -0.2) is 24.7 Å². The van der Waals surface area contributed by atoms with Crippen LogP contribution in [0.2, 0.25) is 0 Å². The number of nitriles is 1. The van der Waals surface area contributed by atoms with Crippen LogP contribution in [0.4, 0.5) is 5.69 Å². The first kappa shape index (κ1) is 14.9. The lowest BCUT2D eigenvalue weighted by atomic mass is 10.2. The summed E-state index contributed by atoms with van der Waals surface area (Å²) in [4.78, 5) is 10.3. The fourth-order valence-corrected chi connectivity index (χ4v) is 1.41. The van der Waals surface area contributed by atoms with Gasteiger partial charge in [-0.3, -0.25) is 10.1 Å². The van der Waals surface area contributed by atoms with Crippen LogP contribution in [0.1, 0.15) is 25.3 Å². The van der Waals surface area contributed by atoms with E-state index in [4.69, 9.17) is 14.7 Å². The van der Waals surface area contributed by atoms with Crippen molar-refractivity contribution >= 4 is 5.69 Å². The summed E-state index contributed by atoms with van der Waals surface area (Å²) in [5.74, 6) is 0.156. The molecule has 0 radical (unpaired) electrons. The molecule has 0 saturated carbocycles. The maximum absolute atomic E-state index is 10.8. The highest BCUT2D eigenvalue weighted by atomic mass is 16.6. The number of nitrogens with zero attached hydrogens (tertiary/aromatic N) is 2. The van der Waals surface area contributed by atoms with E-state index in [9.17, 15) is 10.1 Å². The van der Waals surface area contributed by atoms with E-state index in [-0.39, 0.29) is 23.6 Å². The van der Waals surface area contributed by atoms with Crippen molar-refractivity contribution < 1.29 is 14.4 Å². The molecule has 0 atom stereocenters. The molecule has 102 valence electrons. The average Bonchev–Trinajstić information content (AvgIpc) is 2.42. The number of hydrogen-bond donors (Lipinski definition) is 0. The molecule has 1 aromatic rings. The Balaban J connectivity index is 2.53. The molecule has 6 heteroatoms.